The average Bonchev–Trinajstić information content (AvgIpc) is 2.32. The van der Waals surface area contributed by atoms with Gasteiger partial charge in [0.15, 0.2) is 0 Å². The van der Waals surface area contributed by atoms with Crippen molar-refractivity contribution in [1.82, 2.24) is 10.2 Å². The molecular weight excluding hydrogens is 216 g/mol. The third-order valence-corrected chi connectivity index (χ3v) is 4.11. The number of nitrogens with one attached hydrogen (secondary N) is 1. The Labute approximate surface area is 103 Å². The van der Waals surface area contributed by atoms with E-state index in [-0.39, 0.29) is 30.4 Å². The number of hydrogen-bond acceptors (Lipinski definition) is 2. The highest BCUT2D eigenvalue weighted by Gasteiger charge is 2.38. The predicted octanol–water partition coefficient (Wildman–Crippen LogP) is 1.30. The molecule has 2 aliphatic rings. The van der Waals surface area contributed by atoms with Crippen molar-refractivity contribution in [3.63, 3.8) is 0 Å². The van der Waals surface area contributed by atoms with Crippen LogP contribution in [0, 0.1) is 5.92 Å². The Balaban J connectivity index is 2.12. The van der Waals surface area contributed by atoms with E-state index in [9.17, 15) is 9.59 Å². The normalized spacial score (nSPS) is 34.7. The number of carbonyl (C=O) groups excluding carboxylic acids is 2. The summed E-state index contributed by atoms with van der Waals surface area (Å²) in [5.41, 5.74) is 0. The minimum atomic E-state index is -0.301. The fourth-order valence-corrected chi connectivity index (χ4v) is 3.05. The van der Waals surface area contributed by atoms with Gasteiger partial charge < -0.3 is 10.2 Å². The van der Waals surface area contributed by atoms with E-state index in [0.29, 0.717) is 12.3 Å². The van der Waals surface area contributed by atoms with Crippen LogP contribution in [-0.4, -0.2) is 35.3 Å². The van der Waals surface area contributed by atoms with Crippen molar-refractivity contribution in [2.75, 3.05) is 6.54 Å². The van der Waals surface area contributed by atoms with E-state index in [1.54, 1.807) is 0 Å². The van der Waals surface area contributed by atoms with Crippen molar-refractivity contribution >= 4 is 11.8 Å². The fraction of sp³-hybridized carbons (Fsp3) is 0.846. The van der Waals surface area contributed by atoms with Gasteiger partial charge in [-0.15, -0.1) is 0 Å². The van der Waals surface area contributed by atoms with Gasteiger partial charge in [-0.2, -0.15) is 0 Å². The van der Waals surface area contributed by atoms with Crippen LogP contribution < -0.4 is 5.32 Å². The first-order valence-corrected chi connectivity index (χ1v) is 6.73. The molecule has 0 aromatic rings. The largest absolute Gasteiger partial charge is 0.343 e. The van der Waals surface area contributed by atoms with Crippen LogP contribution in [0.25, 0.3) is 0 Å². The minimum absolute atomic E-state index is 0.00535. The maximum Gasteiger partial charge on any atom is 0.245 e. The van der Waals surface area contributed by atoms with Crippen LogP contribution in [0.5, 0.6) is 0 Å². The average molecular weight is 238 g/mol. The zero-order chi connectivity index (χ0) is 12.4. The molecule has 4 nitrogen and oxygen atoms in total. The second kappa shape index (κ2) is 5.07. The van der Waals surface area contributed by atoms with Crippen molar-refractivity contribution in [2.24, 2.45) is 5.92 Å². The van der Waals surface area contributed by atoms with E-state index in [0.717, 1.165) is 6.42 Å². The summed E-state index contributed by atoms with van der Waals surface area (Å²) in [5, 5.41) is 2.77. The molecule has 1 aliphatic heterocycles. The fourth-order valence-electron chi connectivity index (χ4n) is 3.05. The van der Waals surface area contributed by atoms with Gasteiger partial charge in [-0.3, -0.25) is 9.59 Å². The lowest BCUT2D eigenvalue weighted by molar-refractivity contribution is -0.148. The summed E-state index contributed by atoms with van der Waals surface area (Å²) in [6.45, 7) is 4.39. The lowest BCUT2D eigenvalue weighted by Crippen LogP contribution is -2.61. The maximum atomic E-state index is 12.3. The third kappa shape index (κ3) is 2.45. The van der Waals surface area contributed by atoms with Gasteiger partial charge in [0.05, 0.1) is 6.54 Å². The summed E-state index contributed by atoms with van der Waals surface area (Å²) >= 11 is 0. The van der Waals surface area contributed by atoms with E-state index in [2.05, 4.69) is 12.2 Å². The van der Waals surface area contributed by atoms with E-state index in [4.69, 9.17) is 0 Å². The Kier molecular flexibility index (Phi) is 3.69. The standard InChI is InChI=1S/C13H22N2O2/c1-3-10-13(17)15(8-12(16)14-10)11-7-5-4-6-9(11)2/h9-11H,3-8H2,1-2H3,(H,14,16). The number of nitrogens with zero attached hydrogens (tertiary/aromatic N) is 1. The quantitative estimate of drug-likeness (QED) is 0.788. The minimum Gasteiger partial charge on any atom is -0.343 e. The highest BCUT2D eigenvalue weighted by molar-refractivity contribution is 5.95. The van der Waals surface area contributed by atoms with Gasteiger partial charge in [0.25, 0.3) is 0 Å². The maximum absolute atomic E-state index is 12.3. The Morgan fingerprint density at radius 1 is 1.29 bits per heavy atom. The van der Waals surface area contributed by atoms with Crippen molar-refractivity contribution in [3.8, 4) is 0 Å². The van der Waals surface area contributed by atoms with Crippen molar-refractivity contribution < 1.29 is 9.59 Å². The van der Waals surface area contributed by atoms with Crippen molar-refractivity contribution in [1.29, 1.82) is 0 Å². The number of rotatable bonds is 2. The lowest BCUT2D eigenvalue weighted by Gasteiger charge is -2.42. The summed E-state index contributed by atoms with van der Waals surface area (Å²) in [5.74, 6) is 0.635. The molecule has 2 rings (SSSR count). The van der Waals surface area contributed by atoms with Crippen LogP contribution in [0.1, 0.15) is 46.0 Å². The number of carbonyl (C=O) groups is 2. The monoisotopic (exact) mass is 238 g/mol. The zero-order valence-corrected chi connectivity index (χ0v) is 10.7. The molecule has 1 heterocycles. The Morgan fingerprint density at radius 3 is 2.65 bits per heavy atom. The van der Waals surface area contributed by atoms with Crippen LogP contribution >= 0.6 is 0 Å². The van der Waals surface area contributed by atoms with Crippen molar-refractivity contribution in [3.05, 3.63) is 0 Å². The molecule has 3 unspecified atom stereocenters. The first kappa shape index (κ1) is 12.4. The molecule has 2 amide bonds. The first-order chi connectivity index (χ1) is 8.13. The van der Waals surface area contributed by atoms with Crippen LogP contribution in [0.4, 0.5) is 0 Å². The second-order valence-corrected chi connectivity index (χ2v) is 5.32. The van der Waals surface area contributed by atoms with E-state index >= 15 is 0 Å². The Morgan fingerprint density at radius 2 is 2.00 bits per heavy atom. The summed E-state index contributed by atoms with van der Waals surface area (Å²) in [6.07, 6.45) is 5.34. The van der Waals surface area contributed by atoms with Gasteiger partial charge in [-0.05, 0) is 25.2 Å². The Hall–Kier alpha value is -1.06. The van der Waals surface area contributed by atoms with Gasteiger partial charge in [0, 0.05) is 6.04 Å². The van der Waals surface area contributed by atoms with E-state index < -0.39 is 0 Å². The summed E-state index contributed by atoms with van der Waals surface area (Å²) < 4.78 is 0. The molecule has 3 atom stereocenters. The summed E-state index contributed by atoms with van der Waals surface area (Å²) in [6, 6.07) is -0.0262. The number of piperazine rings is 1. The van der Waals surface area contributed by atoms with E-state index in [1.165, 1.54) is 19.3 Å². The van der Waals surface area contributed by atoms with Gasteiger partial charge in [-0.25, -0.2) is 0 Å². The molecule has 0 bridgehead atoms. The molecule has 1 N–H and O–H groups in total. The smallest absolute Gasteiger partial charge is 0.245 e. The molecule has 17 heavy (non-hydrogen) atoms. The Bertz CT molecular complexity index is 317. The molecule has 1 saturated carbocycles. The van der Waals surface area contributed by atoms with Crippen LogP contribution in [0.15, 0.2) is 0 Å². The molecular formula is C13H22N2O2. The lowest BCUT2D eigenvalue weighted by atomic mass is 9.84. The van der Waals surface area contributed by atoms with Gasteiger partial charge in [0.1, 0.15) is 6.04 Å². The second-order valence-electron chi connectivity index (χ2n) is 5.32. The van der Waals surface area contributed by atoms with E-state index in [1.807, 2.05) is 11.8 Å². The molecule has 2 fully saturated rings. The summed E-state index contributed by atoms with van der Waals surface area (Å²) in [4.78, 5) is 25.7. The summed E-state index contributed by atoms with van der Waals surface area (Å²) in [7, 11) is 0. The molecule has 96 valence electrons. The van der Waals surface area contributed by atoms with Crippen LogP contribution in [-0.2, 0) is 9.59 Å². The number of hydrogen-bond donors (Lipinski definition) is 1. The highest BCUT2D eigenvalue weighted by atomic mass is 16.2. The predicted molar refractivity (Wildman–Crippen MR) is 65.4 cm³/mol. The third-order valence-electron chi connectivity index (χ3n) is 4.11. The molecule has 1 saturated heterocycles. The SMILES string of the molecule is CCC1NC(=O)CN(C2CCCCC2C)C1=O. The first-order valence-electron chi connectivity index (χ1n) is 6.73. The molecule has 0 spiro atoms. The van der Waals surface area contributed by atoms with Gasteiger partial charge in [0.2, 0.25) is 11.8 Å². The van der Waals surface area contributed by atoms with Crippen LogP contribution in [0.3, 0.4) is 0 Å². The van der Waals surface area contributed by atoms with Crippen molar-refractivity contribution in [2.45, 2.75) is 58.0 Å². The zero-order valence-electron chi connectivity index (χ0n) is 10.7. The number of amides is 2. The molecule has 0 aromatic carbocycles. The van der Waals surface area contributed by atoms with Gasteiger partial charge in [-0.1, -0.05) is 26.7 Å². The van der Waals surface area contributed by atoms with Gasteiger partial charge >= 0.3 is 0 Å². The van der Waals surface area contributed by atoms with Crippen LogP contribution in [0.2, 0.25) is 0 Å². The molecule has 1 aliphatic carbocycles. The molecule has 0 radical (unpaired) electrons. The topological polar surface area (TPSA) is 49.4 Å². The molecule has 4 heteroatoms. The highest BCUT2D eigenvalue weighted by Crippen LogP contribution is 2.29. The molecule has 0 aromatic heterocycles.